The summed E-state index contributed by atoms with van der Waals surface area (Å²) >= 11 is 5.29. The number of halogens is 1. The molecule has 0 bridgehead atoms. The van der Waals surface area contributed by atoms with E-state index in [0.29, 0.717) is 11.1 Å². The Kier molecular flexibility index (Phi) is 7.33. The molecule has 2 aromatic rings. The lowest BCUT2D eigenvalue weighted by molar-refractivity contribution is 0.0696. The summed E-state index contributed by atoms with van der Waals surface area (Å²) in [7, 11) is 0. The van der Waals surface area contributed by atoms with Crippen LogP contribution in [0.15, 0.2) is 48.5 Å². The number of carbonyl (C=O) groups is 2. The molecule has 0 atom stereocenters. The Morgan fingerprint density at radius 2 is 1.36 bits per heavy atom. The molecule has 0 amide bonds. The van der Waals surface area contributed by atoms with E-state index in [1.165, 1.54) is 0 Å². The lowest BCUT2D eigenvalue weighted by Crippen LogP contribution is -1.96. The van der Waals surface area contributed by atoms with Crippen LogP contribution in [-0.2, 0) is 12.8 Å². The molecule has 116 valence electrons. The molecule has 0 spiro atoms. The minimum Gasteiger partial charge on any atom is -0.478 e. The molecule has 0 saturated carbocycles. The first kappa shape index (κ1) is 17.9. The molecule has 0 aromatic heterocycles. The molecular weight excluding hydrogens is 300 g/mol. The van der Waals surface area contributed by atoms with E-state index in [9.17, 15) is 9.59 Å². The van der Waals surface area contributed by atoms with E-state index < -0.39 is 5.97 Å². The fraction of sp³-hybridized carbons (Fsp3) is 0.222. The van der Waals surface area contributed by atoms with Crippen LogP contribution >= 0.6 is 11.6 Å². The first-order valence-corrected chi connectivity index (χ1v) is 7.46. The Bertz CT molecular complexity index is 593. The van der Waals surface area contributed by atoms with Gasteiger partial charge in [0.1, 0.15) is 0 Å². The Hall–Kier alpha value is -2.13. The van der Waals surface area contributed by atoms with Crippen LogP contribution in [0.5, 0.6) is 0 Å². The number of benzene rings is 2. The van der Waals surface area contributed by atoms with Crippen molar-refractivity contribution in [1.29, 1.82) is 0 Å². The van der Waals surface area contributed by atoms with E-state index >= 15 is 0 Å². The van der Waals surface area contributed by atoms with E-state index in [4.69, 9.17) is 16.7 Å². The van der Waals surface area contributed by atoms with Crippen LogP contribution in [0, 0.1) is 0 Å². The minimum absolute atomic E-state index is 0.365. The van der Waals surface area contributed by atoms with Gasteiger partial charge in [-0.25, -0.2) is 4.79 Å². The maximum atomic E-state index is 10.7. The number of carboxylic acids is 1. The average molecular weight is 319 g/mol. The van der Waals surface area contributed by atoms with Crippen molar-refractivity contribution in [3.63, 3.8) is 0 Å². The molecule has 2 rings (SSSR count). The summed E-state index contributed by atoms with van der Waals surface area (Å²) in [4.78, 5) is 21.1. The highest BCUT2D eigenvalue weighted by atomic mass is 35.5. The van der Waals surface area contributed by atoms with E-state index in [2.05, 4.69) is 0 Å². The summed E-state index contributed by atoms with van der Waals surface area (Å²) in [6, 6.07) is 14.3. The number of carbonyl (C=O) groups excluding carboxylic acids is 1. The summed E-state index contributed by atoms with van der Waals surface area (Å²) in [5.41, 5.74) is 3.14. The quantitative estimate of drug-likeness (QED) is 0.840. The number of carboxylic acid groups (broad SMARTS) is 1. The topological polar surface area (TPSA) is 54.4 Å². The van der Waals surface area contributed by atoms with Crippen molar-refractivity contribution in [2.75, 3.05) is 0 Å². The highest BCUT2D eigenvalue weighted by molar-refractivity contribution is 6.67. The van der Waals surface area contributed by atoms with Gasteiger partial charge in [0.2, 0.25) is 0 Å². The number of hydrogen-bond donors (Lipinski definition) is 1. The average Bonchev–Trinajstić information content (AvgIpc) is 2.55. The van der Waals surface area contributed by atoms with Crippen molar-refractivity contribution in [2.45, 2.75) is 26.7 Å². The lowest BCUT2D eigenvalue weighted by Gasteiger charge is -1.97. The van der Waals surface area contributed by atoms with Crippen LogP contribution in [0.25, 0.3) is 0 Å². The van der Waals surface area contributed by atoms with Gasteiger partial charge in [0.25, 0.3) is 5.24 Å². The van der Waals surface area contributed by atoms with E-state index in [1.807, 2.05) is 38.1 Å². The highest BCUT2D eigenvalue weighted by Crippen LogP contribution is 2.08. The zero-order valence-electron chi connectivity index (χ0n) is 12.7. The van der Waals surface area contributed by atoms with Gasteiger partial charge in [0.15, 0.2) is 0 Å². The van der Waals surface area contributed by atoms with Crippen LogP contribution in [0.3, 0.4) is 0 Å². The van der Waals surface area contributed by atoms with Gasteiger partial charge in [0, 0.05) is 5.56 Å². The van der Waals surface area contributed by atoms with Gasteiger partial charge in [-0.2, -0.15) is 0 Å². The Morgan fingerprint density at radius 3 is 1.77 bits per heavy atom. The van der Waals surface area contributed by atoms with Crippen molar-refractivity contribution in [1.82, 2.24) is 0 Å². The van der Waals surface area contributed by atoms with Gasteiger partial charge in [-0.1, -0.05) is 44.2 Å². The molecule has 22 heavy (non-hydrogen) atoms. The molecule has 1 N–H and O–H groups in total. The van der Waals surface area contributed by atoms with Crippen LogP contribution in [-0.4, -0.2) is 16.3 Å². The maximum Gasteiger partial charge on any atom is 0.335 e. The molecule has 0 fully saturated rings. The molecule has 2 aromatic carbocycles. The van der Waals surface area contributed by atoms with E-state index in [-0.39, 0.29) is 5.24 Å². The number of hydrogen-bond acceptors (Lipinski definition) is 2. The zero-order valence-corrected chi connectivity index (χ0v) is 13.4. The molecule has 0 radical (unpaired) electrons. The second-order valence-corrected chi connectivity index (χ2v) is 5.03. The largest absolute Gasteiger partial charge is 0.478 e. The monoisotopic (exact) mass is 318 g/mol. The summed E-state index contributed by atoms with van der Waals surface area (Å²) in [6.07, 6.45) is 1.80. The summed E-state index contributed by atoms with van der Waals surface area (Å²) in [5, 5.41) is 8.22. The lowest BCUT2D eigenvalue weighted by atomic mass is 10.1. The van der Waals surface area contributed by atoms with Crippen molar-refractivity contribution >= 4 is 22.8 Å². The van der Waals surface area contributed by atoms with Crippen molar-refractivity contribution in [2.24, 2.45) is 0 Å². The molecule has 0 aliphatic heterocycles. The Balaban J connectivity index is 0.000000220. The molecule has 0 aliphatic rings. The first-order valence-electron chi connectivity index (χ1n) is 7.08. The maximum absolute atomic E-state index is 10.7. The third kappa shape index (κ3) is 5.70. The van der Waals surface area contributed by atoms with Crippen LogP contribution in [0.4, 0.5) is 0 Å². The minimum atomic E-state index is -0.861. The van der Waals surface area contributed by atoms with Gasteiger partial charge in [0.05, 0.1) is 5.56 Å². The number of aromatic carboxylic acids is 1. The van der Waals surface area contributed by atoms with Gasteiger partial charge >= 0.3 is 5.97 Å². The van der Waals surface area contributed by atoms with Crippen molar-refractivity contribution < 1.29 is 14.7 Å². The van der Waals surface area contributed by atoms with Gasteiger partial charge in [-0.05, 0) is 53.8 Å². The molecule has 0 unspecified atom stereocenters. The third-order valence-corrected chi connectivity index (χ3v) is 3.36. The molecule has 3 nitrogen and oxygen atoms in total. The van der Waals surface area contributed by atoms with Crippen LogP contribution < -0.4 is 0 Å². The second kappa shape index (κ2) is 9.00. The normalized spacial score (nSPS) is 9.59. The summed E-state index contributed by atoms with van der Waals surface area (Å²) < 4.78 is 0. The first-order chi connectivity index (χ1) is 10.5. The summed E-state index contributed by atoms with van der Waals surface area (Å²) in [6.45, 7) is 4.04. The Morgan fingerprint density at radius 1 is 0.909 bits per heavy atom. The SMILES string of the molecule is CCc1cccc(C(=O)Cl)c1.CCc1cccc(C(=O)O)c1. The standard InChI is InChI=1S/C9H9ClO.C9H10O2/c2*1-2-7-4-3-5-8(6-7)9(10)11/h3-6H,2H2,1H3;3-6H,2H2,1H3,(H,10,11). The third-order valence-electron chi connectivity index (χ3n) is 3.14. The second-order valence-electron chi connectivity index (χ2n) is 4.69. The molecule has 0 heterocycles. The molecule has 0 saturated heterocycles. The molecule has 4 heteroatoms. The number of rotatable bonds is 4. The van der Waals surface area contributed by atoms with Gasteiger partial charge < -0.3 is 5.11 Å². The summed E-state index contributed by atoms with van der Waals surface area (Å²) in [5.74, 6) is -0.861. The van der Waals surface area contributed by atoms with Crippen molar-refractivity contribution in [3.8, 4) is 0 Å². The van der Waals surface area contributed by atoms with Gasteiger partial charge in [-0.3, -0.25) is 4.79 Å². The number of aryl methyl sites for hydroxylation is 2. The zero-order chi connectivity index (χ0) is 16.5. The predicted octanol–water partition coefficient (Wildman–Crippen LogP) is 4.58. The van der Waals surface area contributed by atoms with Crippen LogP contribution in [0.1, 0.15) is 45.7 Å². The fourth-order valence-corrected chi connectivity index (χ4v) is 1.96. The highest BCUT2D eigenvalue weighted by Gasteiger charge is 2.01. The van der Waals surface area contributed by atoms with E-state index in [1.54, 1.807) is 24.3 Å². The van der Waals surface area contributed by atoms with E-state index in [0.717, 1.165) is 24.0 Å². The fourth-order valence-electron chi connectivity index (χ4n) is 1.84. The molecule has 0 aliphatic carbocycles. The van der Waals surface area contributed by atoms with Crippen molar-refractivity contribution in [3.05, 3.63) is 70.8 Å². The van der Waals surface area contributed by atoms with Gasteiger partial charge in [-0.15, -0.1) is 0 Å². The smallest absolute Gasteiger partial charge is 0.335 e. The Labute approximate surface area is 135 Å². The van der Waals surface area contributed by atoms with Crippen LogP contribution in [0.2, 0.25) is 0 Å². The molecular formula is C18H19ClO3. The predicted molar refractivity (Wildman–Crippen MR) is 88.8 cm³/mol.